The summed E-state index contributed by atoms with van der Waals surface area (Å²) in [4.78, 5) is 19.2. The number of piperidine rings is 1. The molecule has 1 aliphatic heterocycles. The Hall–Kier alpha value is -3.02. The molecule has 0 saturated carbocycles. The van der Waals surface area contributed by atoms with Gasteiger partial charge in [-0.15, -0.1) is 10.2 Å². The summed E-state index contributed by atoms with van der Waals surface area (Å²) < 4.78 is 1.80. The maximum Gasteiger partial charge on any atom is 0.253 e. The first-order chi connectivity index (χ1) is 12.8. The number of hydrogen-bond donors (Lipinski definition) is 0. The monoisotopic (exact) mass is 347 g/mol. The normalized spacial score (nSPS) is 17.2. The van der Waals surface area contributed by atoms with Crippen LogP contribution in [-0.4, -0.2) is 43.6 Å². The molecular formula is C20H21N5O. The van der Waals surface area contributed by atoms with E-state index in [0.29, 0.717) is 11.5 Å². The van der Waals surface area contributed by atoms with Crippen LogP contribution in [0.5, 0.6) is 0 Å². The van der Waals surface area contributed by atoms with Crippen molar-refractivity contribution in [3.05, 3.63) is 72.6 Å². The lowest BCUT2D eigenvalue weighted by Gasteiger charge is -2.33. The van der Waals surface area contributed by atoms with Crippen LogP contribution in [0.3, 0.4) is 0 Å². The number of nitrogens with zero attached hydrogens (tertiary/aromatic N) is 5. The van der Waals surface area contributed by atoms with Crippen LogP contribution in [0.2, 0.25) is 0 Å². The highest BCUT2D eigenvalue weighted by atomic mass is 16.2. The molecule has 0 bridgehead atoms. The molecule has 1 unspecified atom stereocenters. The van der Waals surface area contributed by atoms with Gasteiger partial charge in [0.05, 0.1) is 0 Å². The average molecular weight is 347 g/mol. The van der Waals surface area contributed by atoms with Crippen molar-refractivity contribution >= 4 is 5.91 Å². The van der Waals surface area contributed by atoms with Gasteiger partial charge in [-0.05, 0) is 55.0 Å². The molecule has 0 N–H and O–H groups in total. The summed E-state index contributed by atoms with van der Waals surface area (Å²) in [7, 11) is 0. The SMILES string of the molecule is O=C(c1cccc(-n2cnnc2)c1)N1CCCC(Cc2cccnc2)C1. The molecule has 3 heterocycles. The van der Waals surface area contributed by atoms with Crippen molar-refractivity contribution in [1.29, 1.82) is 0 Å². The number of amides is 1. The van der Waals surface area contributed by atoms with Crippen LogP contribution in [0.1, 0.15) is 28.8 Å². The minimum absolute atomic E-state index is 0.0933. The van der Waals surface area contributed by atoms with Gasteiger partial charge in [0.15, 0.2) is 0 Å². The second-order valence-electron chi connectivity index (χ2n) is 6.74. The molecule has 1 aromatic carbocycles. The molecule has 3 aromatic rings. The fourth-order valence-electron chi connectivity index (χ4n) is 3.58. The highest BCUT2D eigenvalue weighted by Crippen LogP contribution is 2.22. The van der Waals surface area contributed by atoms with Crippen LogP contribution in [0.4, 0.5) is 0 Å². The van der Waals surface area contributed by atoms with Crippen molar-refractivity contribution in [3.8, 4) is 5.69 Å². The molecule has 26 heavy (non-hydrogen) atoms. The molecule has 6 nitrogen and oxygen atoms in total. The Kier molecular flexibility index (Phi) is 4.73. The third-order valence-electron chi connectivity index (χ3n) is 4.86. The lowest BCUT2D eigenvalue weighted by atomic mass is 9.91. The smallest absolute Gasteiger partial charge is 0.253 e. The van der Waals surface area contributed by atoms with E-state index in [2.05, 4.69) is 21.2 Å². The zero-order valence-electron chi connectivity index (χ0n) is 14.5. The summed E-state index contributed by atoms with van der Waals surface area (Å²) in [5, 5.41) is 7.65. The Labute approximate surface area is 152 Å². The van der Waals surface area contributed by atoms with Gasteiger partial charge in [-0.3, -0.25) is 14.3 Å². The topological polar surface area (TPSA) is 63.9 Å². The maximum absolute atomic E-state index is 13.0. The molecule has 0 aliphatic carbocycles. The zero-order chi connectivity index (χ0) is 17.8. The fraction of sp³-hybridized carbons (Fsp3) is 0.300. The lowest BCUT2D eigenvalue weighted by molar-refractivity contribution is 0.0673. The largest absolute Gasteiger partial charge is 0.338 e. The van der Waals surface area contributed by atoms with Crippen molar-refractivity contribution in [3.63, 3.8) is 0 Å². The number of pyridine rings is 1. The molecule has 1 fully saturated rings. The zero-order valence-corrected chi connectivity index (χ0v) is 14.5. The van der Waals surface area contributed by atoms with Crippen molar-refractivity contribution in [1.82, 2.24) is 24.6 Å². The number of aromatic nitrogens is 4. The van der Waals surface area contributed by atoms with E-state index in [9.17, 15) is 4.79 Å². The summed E-state index contributed by atoms with van der Waals surface area (Å²) in [5.74, 6) is 0.578. The average Bonchev–Trinajstić information content (AvgIpc) is 3.23. The van der Waals surface area contributed by atoms with Gasteiger partial charge >= 0.3 is 0 Å². The highest BCUT2D eigenvalue weighted by Gasteiger charge is 2.24. The Morgan fingerprint density at radius 3 is 2.85 bits per heavy atom. The predicted octanol–water partition coefficient (Wildman–Crippen LogP) is 2.76. The standard InChI is InChI=1S/C20H21N5O/c26-20(18-6-1-7-19(11-18)25-14-22-23-15-25)24-9-3-5-17(13-24)10-16-4-2-8-21-12-16/h1-2,4,6-8,11-12,14-15,17H,3,5,9-10,13H2. The molecule has 4 rings (SSSR count). The first kappa shape index (κ1) is 16.4. The number of carbonyl (C=O) groups is 1. The lowest BCUT2D eigenvalue weighted by Crippen LogP contribution is -2.40. The molecule has 132 valence electrons. The molecule has 0 radical (unpaired) electrons. The Bertz CT molecular complexity index is 863. The maximum atomic E-state index is 13.0. The van der Waals surface area contributed by atoms with Crippen molar-refractivity contribution in [2.24, 2.45) is 5.92 Å². The third kappa shape index (κ3) is 3.64. The van der Waals surface area contributed by atoms with Gasteiger partial charge in [-0.25, -0.2) is 0 Å². The van der Waals surface area contributed by atoms with E-state index in [1.165, 1.54) is 5.56 Å². The number of rotatable bonds is 4. The summed E-state index contributed by atoms with van der Waals surface area (Å²) in [6.07, 6.45) is 10.1. The molecule has 1 atom stereocenters. The fourth-order valence-corrected chi connectivity index (χ4v) is 3.58. The van der Waals surface area contributed by atoms with E-state index in [-0.39, 0.29) is 5.91 Å². The van der Waals surface area contributed by atoms with Gasteiger partial charge in [-0.1, -0.05) is 12.1 Å². The van der Waals surface area contributed by atoms with E-state index in [1.54, 1.807) is 23.4 Å². The Morgan fingerprint density at radius 1 is 1.15 bits per heavy atom. The molecular weight excluding hydrogens is 326 g/mol. The van der Waals surface area contributed by atoms with Crippen LogP contribution in [0, 0.1) is 5.92 Å². The van der Waals surface area contributed by atoms with E-state index >= 15 is 0 Å². The van der Waals surface area contributed by atoms with Crippen molar-refractivity contribution < 1.29 is 4.79 Å². The number of likely N-dealkylation sites (tertiary alicyclic amines) is 1. The first-order valence-electron chi connectivity index (χ1n) is 8.93. The Morgan fingerprint density at radius 2 is 2.04 bits per heavy atom. The summed E-state index contributed by atoms with van der Waals surface area (Å²) in [5.41, 5.74) is 2.84. The van der Waals surface area contributed by atoms with E-state index in [1.807, 2.05) is 41.4 Å². The summed E-state index contributed by atoms with van der Waals surface area (Å²) in [6, 6.07) is 11.7. The second kappa shape index (κ2) is 7.47. The van der Waals surface area contributed by atoms with Gasteiger partial charge in [0, 0.05) is 36.7 Å². The van der Waals surface area contributed by atoms with Crippen LogP contribution in [0.25, 0.3) is 5.69 Å². The summed E-state index contributed by atoms with van der Waals surface area (Å²) in [6.45, 7) is 1.61. The van der Waals surface area contributed by atoms with Crippen LogP contribution < -0.4 is 0 Å². The van der Waals surface area contributed by atoms with Crippen LogP contribution in [-0.2, 0) is 6.42 Å². The van der Waals surface area contributed by atoms with Gasteiger partial charge in [0.1, 0.15) is 12.7 Å². The van der Waals surface area contributed by atoms with Gasteiger partial charge in [-0.2, -0.15) is 0 Å². The van der Waals surface area contributed by atoms with Gasteiger partial charge < -0.3 is 4.90 Å². The highest BCUT2D eigenvalue weighted by molar-refractivity contribution is 5.94. The van der Waals surface area contributed by atoms with E-state index in [0.717, 1.165) is 38.0 Å². The molecule has 0 spiro atoms. The van der Waals surface area contributed by atoms with E-state index < -0.39 is 0 Å². The van der Waals surface area contributed by atoms with Gasteiger partial charge in [0.25, 0.3) is 5.91 Å². The molecule has 1 aliphatic rings. The van der Waals surface area contributed by atoms with Crippen LogP contribution >= 0.6 is 0 Å². The minimum Gasteiger partial charge on any atom is -0.338 e. The quantitative estimate of drug-likeness (QED) is 0.728. The predicted molar refractivity (Wildman–Crippen MR) is 97.9 cm³/mol. The number of benzene rings is 1. The second-order valence-corrected chi connectivity index (χ2v) is 6.74. The third-order valence-corrected chi connectivity index (χ3v) is 4.86. The van der Waals surface area contributed by atoms with Crippen molar-refractivity contribution in [2.45, 2.75) is 19.3 Å². The van der Waals surface area contributed by atoms with Crippen molar-refractivity contribution in [2.75, 3.05) is 13.1 Å². The molecule has 1 amide bonds. The molecule has 1 saturated heterocycles. The minimum atomic E-state index is 0.0933. The van der Waals surface area contributed by atoms with E-state index in [4.69, 9.17) is 0 Å². The number of hydrogen-bond acceptors (Lipinski definition) is 4. The van der Waals surface area contributed by atoms with Crippen LogP contribution in [0.15, 0.2) is 61.4 Å². The van der Waals surface area contributed by atoms with Gasteiger partial charge in [0.2, 0.25) is 0 Å². The first-order valence-corrected chi connectivity index (χ1v) is 8.93. The number of carbonyl (C=O) groups excluding carboxylic acids is 1. The summed E-state index contributed by atoms with van der Waals surface area (Å²) >= 11 is 0. The Balaban J connectivity index is 1.47. The molecule has 2 aromatic heterocycles. The molecule has 6 heteroatoms.